The number of benzene rings is 1. The molecule has 2 heterocycles. The molecule has 1 N–H and O–H groups in total. The molecule has 1 aromatic carbocycles. The number of carbonyl (C=O) groups excluding carboxylic acids is 1. The van der Waals surface area contributed by atoms with E-state index in [9.17, 15) is 4.79 Å². The van der Waals surface area contributed by atoms with Crippen molar-refractivity contribution in [2.45, 2.75) is 13.5 Å². The number of amides is 2. The molecule has 1 aromatic heterocycles. The Hall–Kier alpha value is -1.89. The molecule has 3 rings (SSSR count). The maximum Gasteiger partial charge on any atom is 0.322 e. The second-order valence-corrected chi connectivity index (χ2v) is 7.03. The molecule has 6 heteroatoms. The van der Waals surface area contributed by atoms with Crippen molar-refractivity contribution in [3.8, 4) is 0 Å². The van der Waals surface area contributed by atoms with E-state index in [1.54, 1.807) is 11.3 Å². The molecular weight excluding hydrogens is 334 g/mol. The smallest absolute Gasteiger partial charge is 0.322 e. The third kappa shape index (κ3) is 5.29. The maximum absolute atomic E-state index is 12.8. The highest BCUT2D eigenvalue weighted by atomic mass is 32.1. The van der Waals surface area contributed by atoms with Gasteiger partial charge in [-0.3, -0.25) is 4.90 Å². The van der Waals surface area contributed by atoms with E-state index in [0.717, 1.165) is 44.1 Å². The Bertz CT molecular complexity index is 669. The van der Waals surface area contributed by atoms with Gasteiger partial charge in [-0.25, -0.2) is 4.79 Å². The van der Waals surface area contributed by atoms with Crippen molar-refractivity contribution in [2.24, 2.45) is 0 Å². The number of hydrogen-bond donors (Lipinski definition) is 1. The highest BCUT2D eigenvalue weighted by molar-refractivity contribution is 7.07. The number of morpholine rings is 1. The summed E-state index contributed by atoms with van der Waals surface area (Å²) in [6.07, 6.45) is 0. The van der Waals surface area contributed by atoms with Gasteiger partial charge in [-0.05, 0) is 40.9 Å². The predicted molar refractivity (Wildman–Crippen MR) is 102 cm³/mol. The van der Waals surface area contributed by atoms with Crippen LogP contribution >= 0.6 is 11.3 Å². The number of hydrogen-bond acceptors (Lipinski definition) is 4. The van der Waals surface area contributed by atoms with Crippen LogP contribution < -0.4 is 5.32 Å². The SMILES string of the molecule is Cc1ccccc1NC(=O)N(CCN1CCOCC1)Cc1ccsc1. The Labute approximate surface area is 153 Å². The summed E-state index contributed by atoms with van der Waals surface area (Å²) in [5, 5.41) is 7.21. The number of ether oxygens (including phenoxy) is 1. The van der Waals surface area contributed by atoms with Crippen molar-refractivity contribution in [3.63, 3.8) is 0 Å². The molecule has 0 radical (unpaired) electrons. The van der Waals surface area contributed by atoms with Crippen LogP contribution in [0.5, 0.6) is 0 Å². The Kier molecular flexibility index (Phi) is 6.44. The van der Waals surface area contributed by atoms with Crippen molar-refractivity contribution in [1.29, 1.82) is 0 Å². The lowest BCUT2D eigenvalue weighted by molar-refractivity contribution is 0.0349. The third-order valence-electron chi connectivity index (χ3n) is 4.42. The topological polar surface area (TPSA) is 44.8 Å². The van der Waals surface area contributed by atoms with Crippen LogP contribution in [0.1, 0.15) is 11.1 Å². The zero-order chi connectivity index (χ0) is 17.5. The third-order valence-corrected chi connectivity index (χ3v) is 5.15. The summed E-state index contributed by atoms with van der Waals surface area (Å²) in [6, 6.07) is 9.90. The summed E-state index contributed by atoms with van der Waals surface area (Å²) in [6.45, 7) is 7.64. The second kappa shape index (κ2) is 8.99. The van der Waals surface area contributed by atoms with Gasteiger partial charge in [0, 0.05) is 38.4 Å². The molecule has 0 aliphatic carbocycles. The Morgan fingerprint density at radius 1 is 1.28 bits per heavy atom. The largest absolute Gasteiger partial charge is 0.379 e. The van der Waals surface area contributed by atoms with Gasteiger partial charge in [-0.1, -0.05) is 18.2 Å². The normalized spacial score (nSPS) is 15.1. The number of carbonyl (C=O) groups is 1. The molecule has 0 saturated carbocycles. The van der Waals surface area contributed by atoms with Crippen LogP contribution in [0, 0.1) is 6.92 Å². The minimum atomic E-state index is -0.0474. The van der Waals surface area contributed by atoms with Crippen LogP contribution in [-0.2, 0) is 11.3 Å². The van der Waals surface area contributed by atoms with Crippen molar-refractivity contribution in [3.05, 3.63) is 52.2 Å². The first-order valence-electron chi connectivity index (χ1n) is 8.65. The number of urea groups is 1. The highest BCUT2D eigenvalue weighted by Crippen LogP contribution is 2.16. The van der Waals surface area contributed by atoms with Gasteiger partial charge in [0.25, 0.3) is 0 Å². The van der Waals surface area contributed by atoms with Gasteiger partial charge < -0.3 is 15.0 Å². The van der Waals surface area contributed by atoms with E-state index in [2.05, 4.69) is 27.0 Å². The zero-order valence-corrected chi connectivity index (χ0v) is 15.4. The molecular formula is C19H25N3O2S. The van der Waals surface area contributed by atoms with E-state index < -0.39 is 0 Å². The average Bonchev–Trinajstić information content (AvgIpc) is 3.14. The first kappa shape index (κ1) is 17.9. The Balaban J connectivity index is 1.64. The first-order valence-corrected chi connectivity index (χ1v) is 9.59. The van der Waals surface area contributed by atoms with Gasteiger partial charge in [0.15, 0.2) is 0 Å². The number of anilines is 1. The molecule has 0 spiro atoms. The number of nitrogens with one attached hydrogen (secondary N) is 1. The van der Waals surface area contributed by atoms with Gasteiger partial charge in [-0.2, -0.15) is 11.3 Å². The molecule has 2 amide bonds. The second-order valence-electron chi connectivity index (χ2n) is 6.25. The van der Waals surface area contributed by atoms with Crippen LogP contribution in [0.25, 0.3) is 0 Å². The zero-order valence-electron chi connectivity index (χ0n) is 14.6. The monoisotopic (exact) mass is 359 g/mol. The Morgan fingerprint density at radius 3 is 2.80 bits per heavy atom. The Morgan fingerprint density at radius 2 is 2.08 bits per heavy atom. The van der Waals surface area contributed by atoms with Crippen molar-refractivity contribution in [2.75, 3.05) is 44.7 Å². The molecule has 0 unspecified atom stereocenters. The number of rotatable bonds is 6. The van der Waals surface area contributed by atoms with Gasteiger partial charge >= 0.3 is 6.03 Å². The lowest BCUT2D eigenvalue weighted by Gasteiger charge is -2.30. The van der Waals surface area contributed by atoms with Crippen LogP contribution in [0.3, 0.4) is 0 Å². The van der Waals surface area contributed by atoms with E-state index in [1.165, 1.54) is 5.56 Å². The number of para-hydroxylation sites is 1. The molecule has 1 aliphatic heterocycles. The summed E-state index contributed by atoms with van der Waals surface area (Å²) in [7, 11) is 0. The summed E-state index contributed by atoms with van der Waals surface area (Å²) in [4.78, 5) is 17.1. The van der Waals surface area contributed by atoms with Gasteiger partial charge in [0.2, 0.25) is 0 Å². The van der Waals surface area contributed by atoms with E-state index in [4.69, 9.17) is 4.74 Å². The molecule has 5 nitrogen and oxygen atoms in total. The van der Waals surface area contributed by atoms with E-state index in [-0.39, 0.29) is 6.03 Å². The predicted octanol–water partition coefficient (Wildman–Crippen LogP) is 3.42. The fourth-order valence-electron chi connectivity index (χ4n) is 2.85. The molecule has 134 valence electrons. The van der Waals surface area contributed by atoms with E-state index in [0.29, 0.717) is 13.1 Å². The molecule has 1 saturated heterocycles. The minimum absolute atomic E-state index is 0.0474. The van der Waals surface area contributed by atoms with Crippen LogP contribution in [0.2, 0.25) is 0 Å². The van der Waals surface area contributed by atoms with Gasteiger partial charge in [0.1, 0.15) is 0 Å². The fourth-order valence-corrected chi connectivity index (χ4v) is 3.51. The van der Waals surface area contributed by atoms with Crippen LogP contribution in [0.4, 0.5) is 10.5 Å². The van der Waals surface area contributed by atoms with Crippen LogP contribution in [-0.4, -0.2) is 55.2 Å². The molecule has 0 bridgehead atoms. The number of nitrogens with zero attached hydrogens (tertiary/aromatic N) is 2. The summed E-state index contributed by atoms with van der Waals surface area (Å²) < 4.78 is 5.40. The quantitative estimate of drug-likeness (QED) is 0.859. The van der Waals surface area contributed by atoms with Crippen molar-refractivity contribution >= 4 is 23.1 Å². The van der Waals surface area contributed by atoms with E-state index >= 15 is 0 Å². The first-order chi connectivity index (χ1) is 12.2. The minimum Gasteiger partial charge on any atom is -0.379 e. The number of aryl methyl sites for hydroxylation is 1. The highest BCUT2D eigenvalue weighted by Gasteiger charge is 2.18. The molecule has 1 fully saturated rings. The lowest BCUT2D eigenvalue weighted by atomic mass is 10.2. The lowest BCUT2D eigenvalue weighted by Crippen LogP contribution is -2.44. The standard InChI is InChI=1S/C19H25N3O2S/c1-16-4-2-3-5-18(16)20-19(23)22(14-17-6-13-25-15-17)8-7-21-9-11-24-12-10-21/h2-6,13,15H,7-12,14H2,1H3,(H,20,23). The summed E-state index contributed by atoms with van der Waals surface area (Å²) in [5.74, 6) is 0. The van der Waals surface area contributed by atoms with Crippen molar-refractivity contribution in [1.82, 2.24) is 9.80 Å². The van der Waals surface area contributed by atoms with Crippen molar-refractivity contribution < 1.29 is 9.53 Å². The number of thiophene rings is 1. The van der Waals surface area contributed by atoms with Gasteiger partial charge in [-0.15, -0.1) is 0 Å². The van der Waals surface area contributed by atoms with E-state index in [1.807, 2.05) is 36.1 Å². The maximum atomic E-state index is 12.8. The molecule has 1 aliphatic rings. The fraction of sp³-hybridized carbons (Fsp3) is 0.421. The summed E-state index contributed by atoms with van der Waals surface area (Å²) >= 11 is 1.66. The van der Waals surface area contributed by atoms with Crippen LogP contribution in [0.15, 0.2) is 41.1 Å². The molecule has 25 heavy (non-hydrogen) atoms. The molecule has 2 aromatic rings. The van der Waals surface area contributed by atoms with Gasteiger partial charge in [0.05, 0.1) is 13.2 Å². The summed E-state index contributed by atoms with van der Waals surface area (Å²) in [5.41, 5.74) is 3.11. The average molecular weight is 359 g/mol. The molecule has 0 atom stereocenters.